The molecule has 1 fully saturated rings. The third-order valence-electron chi connectivity index (χ3n) is 4.22. The molecule has 0 bridgehead atoms. The van der Waals surface area contributed by atoms with Crippen molar-refractivity contribution >= 4 is 11.7 Å². The second-order valence-corrected chi connectivity index (χ2v) is 5.86. The molecule has 1 saturated heterocycles. The standard InChI is InChI=1S/C17H20FN5O2/c1-25-15-3-2-12(8-13(15)18)10-22-4-6-23(7-5-22)16-9-14(17(19)24)20-11-21-16/h2-3,8-9,11H,4-7,10H2,1H3,(H2,19,24). The molecule has 0 aliphatic carbocycles. The van der Waals surface area contributed by atoms with Gasteiger partial charge in [-0.1, -0.05) is 6.07 Å². The zero-order valence-electron chi connectivity index (χ0n) is 14.0. The molecule has 1 aromatic heterocycles. The Balaban J connectivity index is 1.59. The molecular formula is C17H20FN5O2. The van der Waals surface area contributed by atoms with Gasteiger partial charge < -0.3 is 15.4 Å². The lowest BCUT2D eigenvalue weighted by Crippen LogP contribution is -2.46. The van der Waals surface area contributed by atoms with E-state index in [0.29, 0.717) is 12.4 Å². The third kappa shape index (κ3) is 4.03. The summed E-state index contributed by atoms with van der Waals surface area (Å²) in [4.78, 5) is 23.6. The van der Waals surface area contributed by atoms with Crippen molar-refractivity contribution in [2.45, 2.75) is 6.54 Å². The van der Waals surface area contributed by atoms with Crippen molar-refractivity contribution in [3.05, 3.63) is 47.7 Å². The number of anilines is 1. The quantitative estimate of drug-likeness (QED) is 0.872. The molecule has 7 nitrogen and oxygen atoms in total. The van der Waals surface area contributed by atoms with Gasteiger partial charge in [0.05, 0.1) is 7.11 Å². The van der Waals surface area contributed by atoms with Crippen LogP contribution in [0, 0.1) is 5.82 Å². The first-order valence-electron chi connectivity index (χ1n) is 7.98. The first-order chi connectivity index (χ1) is 12.1. The zero-order chi connectivity index (χ0) is 17.8. The fraction of sp³-hybridized carbons (Fsp3) is 0.353. The van der Waals surface area contributed by atoms with E-state index in [9.17, 15) is 9.18 Å². The number of benzene rings is 1. The number of carbonyl (C=O) groups is 1. The summed E-state index contributed by atoms with van der Waals surface area (Å²) in [5, 5.41) is 0. The Kier molecular flexibility index (Phi) is 5.08. The second kappa shape index (κ2) is 7.43. The lowest BCUT2D eigenvalue weighted by molar-refractivity contribution is 0.0995. The summed E-state index contributed by atoms with van der Waals surface area (Å²) in [6.45, 7) is 3.81. The number of hydrogen-bond donors (Lipinski definition) is 1. The van der Waals surface area contributed by atoms with Gasteiger partial charge in [-0.2, -0.15) is 0 Å². The van der Waals surface area contributed by atoms with Gasteiger partial charge in [-0.3, -0.25) is 9.69 Å². The number of nitrogens with two attached hydrogens (primary N) is 1. The molecule has 132 valence electrons. The summed E-state index contributed by atoms with van der Waals surface area (Å²) in [5.41, 5.74) is 6.37. The van der Waals surface area contributed by atoms with Gasteiger partial charge in [0.1, 0.15) is 17.8 Å². The summed E-state index contributed by atoms with van der Waals surface area (Å²) >= 11 is 0. The van der Waals surface area contributed by atoms with E-state index in [1.54, 1.807) is 12.1 Å². The van der Waals surface area contributed by atoms with Crippen LogP contribution in [0.4, 0.5) is 10.2 Å². The van der Waals surface area contributed by atoms with Crippen LogP contribution in [0.15, 0.2) is 30.6 Å². The van der Waals surface area contributed by atoms with Crippen LogP contribution < -0.4 is 15.4 Å². The Morgan fingerprint density at radius 2 is 2.00 bits per heavy atom. The average molecular weight is 345 g/mol. The minimum absolute atomic E-state index is 0.209. The van der Waals surface area contributed by atoms with Crippen molar-refractivity contribution < 1.29 is 13.9 Å². The molecule has 2 heterocycles. The molecule has 1 aromatic carbocycles. The van der Waals surface area contributed by atoms with Crippen LogP contribution in [0.25, 0.3) is 0 Å². The highest BCUT2D eigenvalue weighted by Gasteiger charge is 2.19. The third-order valence-corrected chi connectivity index (χ3v) is 4.22. The number of amides is 1. The van der Waals surface area contributed by atoms with Crippen molar-refractivity contribution in [1.82, 2.24) is 14.9 Å². The predicted octanol–water partition coefficient (Wildman–Crippen LogP) is 1.05. The molecule has 1 aliphatic rings. The maximum Gasteiger partial charge on any atom is 0.267 e. The fourth-order valence-electron chi connectivity index (χ4n) is 2.86. The van der Waals surface area contributed by atoms with Gasteiger partial charge in [0.15, 0.2) is 11.6 Å². The van der Waals surface area contributed by atoms with Crippen molar-refractivity contribution in [3.63, 3.8) is 0 Å². The van der Waals surface area contributed by atoms with Crippen molar-refractivity contribution in [2.75, 3.05) is 38.2 Å². The van der Waals surface area contributed by atoms with Crippen molar-refractivity contribution in [2.24, 2.45) is 5.73 Å². The fourth-order valence-corrected chi connectivity index (χ4v) is 2.86. The van der Waals surface area contributed by atoms with Crippen LogP contribution in [0.5, 0.6) is 5.75 Å². The Morgan fingerprint density at radius 1 is 1.24 bits per heavy atom. The van der Waals surface area contributed by atoms with E-state index in [1.165, 1.54) is 19.5 Å². The van der Waals surface area contributed by atoms with Crippen molar-refractivity contribution in [3.8, 4) is 5.75 Å². The normalized spacial score (nSPS) is 15.2. The predicted molar refractivity (Wildman–Crippen MR) is 91.0 cm³/mol. The van der Waals surface area contributed by atoms with Crippen LogP contribution in [-0.2, 0) is 6.54 Å². The SMILES string of the molecule is COc1ccc(CN2CCN(c3cc(C(N)=O)ncn3)CC2)cc1F. The van der Waals surface area contributed by atoms with Gasteiger partial charge in [0.2, 0.25) is 0 Å². The molecule has 0 radical (unpaired) electrons. The molecule has 1 amide bonds. The highest BCUT2D eigenvalue weighted by atomic mass is 19.1. The number of nitrogens with zero attached hydrogens (tertiary/aromatic N) is 4. The van der Waals surface area contributed by atoms with Crippen LogP contribution >= 0.6 is 0 Å². The van der Waals surface area contributed by atoms with E-state index in [0.717, 1.165) is 31.7 Å². The Bertz CT molecular complexity index is 762. The van der Waals surface area contributed by atoms with E-state index in [-0.39, 0.29) is 17.3 Å². The van der Waals surface area contributed by atoms with E-state index in [2.05, 4.69) is 19.8 Å². The van der Waals surface area contributed by atoms with Gasteiger partial charge in [-0.05, 0) is 17.7 Å². The molecule has 0 spiro atoms. The topological polar surface area (TPSA) is 84.6 Å². The number of ether oxygens (including phenoxy) is 1. The lowest BCUT2D eigenvalue weighted by atomic mass is 10.2. The van der Waals surface area contributed by atoms with Gasteiger partial charge in [-0.15, -0.1) is 0 Å². The van der Waals surface area contributed by atoms with Gasteiger partial charge in [0.25, 0.3) is 5.91 Å². The largest absolute Gasteiger partial charge is 0.494 e. The highest BCUT2D eigenvalue weighted by molar-refractivity contribution is 5.91. The first-order valence-corrected chi connectivity index (χ1v) is 7.98. The molecule has 2 N–H and O–H groups in total. The summed E-state index contributed by atoms with van der Waals surface area (Å²) < 4.78 is 18.7. The van der Waals surface area contributed by atoms with Crippen LogP contribution in [0.3, 0.4) is 0 Å². The maximum absolute atomic E-state index is 13.8. The van der Waals surface area contributed by atoms with Gasteiger partial charge in [0, 0.05) is 38.8 Å². The van der Waals surface area contributed by atoms with Crippen molar-refractivity contribution in [1.29, 1.82) is 0 Å². The maximum atomic E-state index is 13.8. The Hall–Kier alpha value is -2.74. The minimum atomic E-state index is -0.566. The summed E-state index contributed by atoms with van der Waals surface area (Å²) in [6.07, 6.45) is 1.35. The highest BCUT2D eigenvalue weighted by Crippen LogP contribution is 2.20. The smallest absolute Gasteiger partial charge is 0.267 e. The zero-order valence-corrected chi connectivity index (χ0v) is 14.0. The summed E-state index contributed by atoms with van der Waals surface area (Å²) in [5.74, 6) is 0.0314. The van der Waals surface area contributed by atoms with E-state index in [4.69, 9.17) is 10.5 Å². The van der Waals surface area contributed by atoms with Crippen LogP contribution in [0.2, 0.25) is 0 Å². The molecule has 25 heavy (non-hydrogen) atoms. The molecule has 8 heteroatoms. The number of piperazine rings is 1. The van der Waals surface area contributed by atoms with E-state index in [1.807, 2.05) is 6.07 Å². The van der Waals surface area contributed by atoms with Gasteiger partial charge >= 0.3 is 0 Å². The molecule has 3 rings (SSSR count). The van der Waals surface area contributed by atoms with E-state index >= 15 is 0 Å². The van der Waals surface area contributed by atoms with Crippen LogP contribution in [-0.4, -0.2) is 54.1 Å². The van der Waals surface area contributed by atoms with Crippen LogP contribution in [0.1, 0.15) is 16.1 Å². The average Bonchev–Trinajstić information content (AvgIpc) is 2.62. The minimum Gasteiger partial charge on any atom is -0.494 e. The molecule has 0 atom stereocenters. The Labute approximate surface area is 145 Å². The lowest BCUT2D eigenvalue weighted by Gasteiger charge is -2.35. The number of aromatic nitrogens is 2. The number of rotatable bonds is 5. The molecule has 1 aliphatic heterocycles. The second-order valence-electron chi connectivity index (χ2n) is 5.86. The summed E-state index contributed by atoms with van der Waals surface area (Å²) in [7, 11) is 1.45. The Morgan fingerprint density at radius 3 is 2.64 bits per heavy atom. The number of halogens is 1. The number of carbonyl (C=O) groups excluding carboxylic acids is 1. The molecule has 2 aromatic rings. The molecule has 0 saturated carbocycles. The number of primary amides is 1. The number of methoxy groups -OCH3 is 1. The molecule has 0 unspecified atom stereocenters. The monoisotopic (exact) mass is 345 g/mol. The van der Waals surface area contributed by atoms with E-state index < -0.39 is 5.91 Å². The number of hydrogen-bond acceptors (Lipinski definition) is 6. The first kappa shape index (κ1) is 17.1. The summed E-state index contributed by atoms with van der Waals surface area (Å²) in [6, 6.07) is 6.64. The molecular weight excluding hydrogens is 325 g/mol. The van der Waals surface area contributed by atoms with Gasteiger partial charge in [-0.25, -0.2) is 14.4 Å².